The highest BCUT2D eigenvalue weighted by Crippen LogP contribution is 2.31. The average Bonchev–Trinajstić information content (AvgIpc) is 3.25. The Bertz CT molecular complexity index is 1860. The molecule has 2 heterocycles. The Kier molecular flexibility index (Phi) is 21.4. The lowest BCUT2D eigenvalue weighted by atomic mass is 10.1. The minimum absolute atomic E-state index is 0.0257. The number of carboxylic acids is 1. The summed E-state index contributed by atoms with van der Waals surface area (Å²) in [5.74, 6) is -0.168. The predicted octanol–water partition coefficient (Wildman–Crippen LogP) is 3.31. The van der Waals surface area contributed by atoms with Crippen LogP contribution in [0.1, 0.15) is 40.1 Å². The summed E-state index contributed by atoms with van der Waals surface area (Å²) in [4.78, 5) is 52.7. The van der Waals surface area contributed by atoms with Gasteiger partial charge in [0.05, 0.1) is 59.3 Å². The first-order valence-electron chi connectivity index (χ1n) is 14.8. The molecule has 1 unspecified atom stereocenters. The van der Waals surface area contributed by atoms with Crippen LogP contribution in [0.4, 0.5) is 26.4 Å². The number of thioether (sulfide) groups is 1. The minimum atomic E-state index is -4.35. The van der Waals surface area contributed by atoms with Crippen molar-refractivity contribution in [2.45, 2.75) is 51.9 Å². The van der Waals surface area contributed by atoms with Gasteiger partial charge in [-0.2, -0.15) is 28.4 Å². The van der Waals surface area contributed by atoms with E-state index in [-0.39, 0.29) is 37.4 Å². The van der Waals surface area contributed by atoms with E-state index in [0.717, 1.165) is 24.0 Å². The smallest absolute Gasteiger partial charge is 0.355 e. The molecule has 0 amide bonds. The van der Waals surface area contributed by atoms with Gasteiger partial charge in [-0.05, 0) is 63.9 Å². The van der Waals surface area contributed by atoms with Crippen LogP contribution in [-0.2, 0) is 30.3 Å². The van der Waals surface area contributed by atoms with E-state index in [0.29, 0.717) is 27.5 Å². The van der Waals surface area contributed by atoms with Gasteiger partial charge in [0.2, 0.25) is 21.9 Å². The molecule has 2 aromatic heterocycles. The van der Waals surface area contributed by atoms with Gasteiger partial charge < -0.3 is 30.1 Å². The summed E-state index contributed by atoms with van der Waals surface area (Å²) in [5, 5.41) is 20.7. The van der Waals surface area contributed by atoms with Crippen LogP contribution in [0, 0.1) is 6.92 Å². The molecule has 0 saturated heterocycles. The number of nitrogens with one attached hydrogen (secondary N) is 4. The fraction of sp³-hybridized carbons (Fsp3) is 0.556. The van der Waals surface area contributed by atoms with Crippen molar-refractivity contribution in [1.29, 1.82) is 0 Å². The number of benzene rings is 1. The average molecular weight is 874 g/mol. The Balaban J connectivity index is 0.000000782. The number of anilines is 3. The SMILES string of the molecule is CCNc1nc(NC(C)(C)C)nc(SC)n1.C[S+](C)C.Cc1nn(-c2cc(NS(C)(=O)=O)c(Cl)cc2Cl)c(=O)n1C(F)F.O=C(O)CNCP(=O)([O-])O. The fourth-order valence-electron chi connectivity index (χ4n) is 3.22. The Labute approximate surface area is 323 Å². The van der Waals surface area contributed by atoms with E-state index in [2.05, 4.69) is 74.9 Å². The zero-order valence-electron chi connectivity index (χ0n) is 30.6. The lowest BCUT2D eigenvalue weighted by Gasteiger charge is -2.20. The normalized spacial score (nSPS) is 12.3. The van der Waals surface area contributed by atoms with E-state index in [4.69, 9.17) is 33.2 Å². The number of halogens is 4. The molecule has 1 aromatic carbocycles. The number of hydrogen-bond acceptors (Lipinski definition) is 14. The maximum atomic E-state index is 12.8. The second-order valence-electron chi connectivity index (χ2n) is 11.8. The van der Waals surface area contributed by atoms with Crippen LogP contribution in [0.3, 0.4) is 0 Å². The number of aromatic nitrogens is 6. The van der Waals surface area contributed by atoms with Crippen molar-refractivity contribution in [2.75, 3.05) is 66.0 Å². The van der Waals surface area contributed by atoms with Crippen molar-refractivity contribution in [2.24, 2.45) is 0 Å². The van der Waals surface area contributed by atoms with Crippen molar-refractivity contribution in [3.8, 4) is 5.69 Å². The summed E-state index contributed by atoms with van der Waals surface area (Å²) in [6, 6.07) is 2.31. The Morgan fingerprint density at radius 2 is 1.68 bits per heavy atom. The van der Waals surface area contributed by atoms with E-state index in [1.807, 2.05) is 18.5 Å². The highest BCUT2D eigenvalue weighted by molar-refractivity contribution is 7.98. The summed E-state index contributed by atoms with van der Waals surface area (Å²) in [6.07, 6.45) is 8.73. The third-order valence-electron chi connectivity index (χ3n) is 4.94. The summed E-state index contributed by atoms with van der Waals surface area (Å²) < 4.78 is 61.2. The van der Waals surface area contributed by atoms with Gasteiger partial charge in [-0.15, -0.1) is 5.10 Å². The Hall–Kier alpha value is -2.76. The van der Waals surface area contributed by atoms with E-state index >= 15 is 0 Å². The summed E-state index contributed by atoms with van der Waals surface area (Å²) in [7, 11) is -7.36. The molecule has 3 rings (SSSR count). The molecule has 0 spiro atoms. The third kappa shape index (κ3) is 21.7. The van der Waals surface area contributed by atoms with Crippen LogP contribution in [0.5, 0.6) is 0 Å². The van der Waals surface area contributed by atoms with Crippen molar-refractivity contribution >= 4 is 87.0 Å². The molecular weight excluding hydrogens is 828 g/mol. The largest absolute Gasteiger partial charge is 0.778 e. The molecule has 0 aliphatic heterocycles. The lowest BCUT2D eigenvalue weighted by molar-refractivity contribution is -0.193. The van der Waals surface area contributed by atoms with Crippen LogP contribution in [0.15, 0.2) is 22.1 Å². The molecule has 0 bridgehead atoms. The maximum absolute atomic E-state index is 12.8. The van der Waals surface area contributed by atoms with E-state index < -0.39 is 48.7 Å². The molecule has 3 aromatic rings. The molecule has 0 aliphatic rings. The maximum Gasteiger partial charge on any atom is 0.355 e. The molecule has 0 aliphatic carbocycles. The predicted molar refractivity (Wildman–Crippen MR) is 207 cm³/mol. The first kappa shape index (κ1) is 50.2. The highest BCUT2D eigenvalue weighted by atomic mass is 35.5. The Morgan fingerprint density at radius 3 is 2.09 bits per heavy atom. The number of nitrogens with zero attached hydrogens (tertiary/aromatic N) is 6. The molecule has 26 heteroatoms. The van der Waals surface area contributed by atoms with Crippen LogP contribution in [-0.4, -0.2) is 110 Å². The van der Waals surface area contributed by atoms with Crippen molar-refractivity contribution in [3.63, 3.8) is 0 Å². The summed E-state index contributed by atoms with van der Waals surface area (Å²) in [6.45, 7) is 6.70. The van der Waals surface area contributed by atoms with Crippen LogP contribution < -0.4 is 31.3 Å². The first-order chi connectivity index (χ1) is 24.1. The molecular formula is C27H45Cl2F2N10O8PS3. The molecule has 0 saturated carbocycles. The second kappa shape index (κ2) is 22.6. The van der Waals surface area contributed by atoms with E-state index in [1.165, 1.54) is 24.8 Å². The minimum Gasteiger partial charge on any atom is -0.778 e. The zero-order valence-corrected chi connectivity index (χ0v) is 35.4. The topological polar surface area (TPSA) is 258 Å². The number of alkyl halides is 2. The molecule has 6 N–H and O–H groups in total. The van der Waals surface area contributed by atoms with Gasteiger partial charge in [-0.3, -0.25) is 14.8 Å². The van der Waals surface area contributed by atoms with Crippen molar-refractivity contribution in [3.05, 3.63) is 38.5 Å². The monoisotopic (exact) mass is 872 g/mol. The molecule has 53 heavy (non-hydrogen) atoms. The van der Waals surface area contributed by atoms with Gasteiger partial charge in [-0.25, -0.2) is 17.8 Å². The number of sulfonamides is 1. The van der Waals surface area contributed by atoms with Gasteiger partial charge in [0, 0.05) is 12.1 Å². The number of aryl methyl sites for hydroxylation is 1. The quantitative estimate of drug-likeness (QED) is 0.0867. The van der Waals surface area contributed by atoms with Gasteiger partial charge in [0.1, 0.15) is 13.4 Å². The number of hydrogen-bond donors (Lipinski definition) is 6. The van der Waals surface area contributed by atoms with Gasteiger partial charge in [0.15, 0.2) is 5.16 Å². The number of carbonyl (C=O) groups is 1. The van der Waals surface area contributed by atoms with Crippen molar-refractivity contribution in [1.82, 2.24) is 34.6 Å². The van der Waals surface area contributed by atoms with Gasteiger partial charge in [0.25, 0.3) is 0 Å². The third-order valence-corrected chi connectivity index (χ3v) is 7.32. The highest BCUT2D eigenvalue weighted by Gasteiger charge is 2.21. The lowest BCUT2D eigenvalue weighted by Crippen LogP contribution is -2.27. The molecule has 18 nitrogen and oxygen atoms in total. The standard InChI is InChI=1S/C11H10Cl2F2N4O3S.C10H19N5S.C3H8NO5P.C3H9S/c1-5-16-19(11(20)18(5)10(14)15)9-4-8(17-23(2,21)22)6(12)3-7(9)13;1-6-11-7-12-8(15-10(2,3)4)14-9(13-7)16-5;5-3(6)1-4-2-10(7,8)9;1-4(2)3/h3-4,10,17H,1-2H3;6H2,1-5H3,(H2,11,12,13,14,15);4H,1-2H2,(H,5,6)(H2,7,8,9);1-3H3/q;;;+1/p-1. The molecule has 302 valence electrons. The number of rotatable bonds is 12. The number of aliphatic carboxylic acids is 1. The van der Waals surface area contributed by atoms with Gasteiger partial charge >= 0.3 is 18.2 Å². The molecule has 0 fully saturated rings. The molecule has 0 radical (unpaired) electrons. The number of carboxylic acid groups (broad SMARTS) is 1. The summed E-state index contributed by atoms with van der Waals surface area (Å²) >= 11 is 13.3. The van der Waals surface area contributed by atoms with E-state index in [1.54, 1.807) is 0 Å². The fourth-order valence-corrected chi connectivity index (χ4v) is 5.10. The van der Waals surface area contributed by atoms with Crippen molar-refractivity contribution < 1.29 is 41.5 Å². The van der Waals surface area contributed by atoms with Gasteiger partial charge in [-0.1, -0.05) is 35.0 Å². The van der Waals surface area contributed by atoms with Crippen LogP contribution >= 0.6 is 42.6 Å². The zero-order chi connectivity index (χ0) is 41.5. The molecule has 1 atom stereocenters. The summed E-state index contributed by atoms with van der Waals surface area (Å²) in [5.41, 5.74) is -1.33. The first-order valence-corrected chi connectivity index (χ1v) is 22.9. The van der Waals surface area contributed by atoms with Crippen LogP contribution in [0.25, 0.3) is 5.69 Å². The van der Waals surface area contributed by atoms with E-state index in [9.17, 15) is 36.2 Å². The Morgan fingerprint density at radius 1 is 1.13 bits per heavy atom. The second-order valence-corrected chi connectivity index (χ2v) is 19.1. The van der Waals surface area contributed by atoms with Crippen LogP contribution in [0.2, 0.25) is 10.0 Å².